The zero-order chi connectivity index (χ0) is 12.5. The van der Waals surface area contributed by atoms with E-state index >= 15 is 0 Å². The zero-order valence-corrected chi connectivity index (χ0v) is 11.5. The number of nitrogens with one attached hydrogen (secondary N) is 1. The van der Waals surface area contributed by atoms with Gasteiger partial charge in [0.05, 0.1) is 6.10 Å². The van der Waals surface area contributed by atoms with Gasteiger partial charge >= 0.3 is 0 Å². The average Bonchev–Trinajstić information content (AvgIpc) is 2.20. The van der Waals surface area contributed by atoms with Gasteiger partial charge in [-0.25, -0.2) is 0 Å². The highest BCUT2D eigenvalue weighted by Crippen LogP contribution is 2.57. The first-order chi connectivity index (χ1) is 8.04. The molecule has 2 N–H and O–H groups in total. The highest BCUT2D eigenvalue weighted by atomic mass is 16.5. The molecule has 0 saturated heterocycles. The minimum Gasteiger partial charge on any atom is -0.396 e. The zero-order valence-electron chi connectivity index (χ0n) is 11.5. The fraction of sp³-hybridized carbons (Fsp3) is 1.00. The Morgan fingerprint density at radius 2 is 2.12 bits per heavy atom. The normalized spacial score (nSPS) is 31.1. The lowest BCUT2D eigenvalue weighted by Crippen LogP contribution is -2.67. The van der Waals surface area contributed by atoms with Crippen molar-refractivity contribution in [2.75, 3.05) is 19.8 Å². The van der Waals surface area contributed by atoms with Crippen LogP contribution in [0.3, 0.4) is 0 Å². The van der Waals surface area contributed by atoms with Crippen LogP contribution in [0, 0.1) is 10.8 Å². The highest BCUT2D eigenvalue weighted by Gasteiger charge is 2.58. The second-order valence-corrected chi connectivity index (χ2v) is 6.52. The van der Waals surface area contributed by atoms with Crippen LogP contribution in [0.1, 0.15) is 46.5 Å². The van der Waals surface area contributed by atoms with Crippen LogP contribution >= 0.6 is 0 Å². The van der Waals surface area contributed by atoms with Crippen LogP contribution in [0.5, 0.6) is 0 Å². The topological polar surface area (TPSA) is 41.5 Å². The summed E-state index contributed by atoms with van der Waals surface area (Å²) in [5.74, 6) is 0. The maximum atomic E-state index is 9.27. The predicted molar refractivity (Wildman–Crippen MR) is 69.0 cm³/mol. The van der Waals surface area contributed by atoms with Gasteiger partial charge < -0.3 is 15.2 Å². The van der Waals surface area contributed by atoms with Crippen LogP contribution in [0.2, 0.25) is 0 Å². The molecule has 2 atom stereocenters. The molecule has 2 fully saturated rings. The molecule has 100 valence electrons. The summed E-state index contributed by atoms with van der Waals surface area (Å²) < 4.78 is 5.83. The third-order valence-electron chi connectivity index (χ3n) is 4.69. The molecular formula is C14H27NO2. The minimum absolute atomic E-state index is 0.0123. The number of aliphatic hydroxyl groups is 1. The van der Waals surface area contributed by atoms with Gasteiger partial charge in [0.25, 0.3) is 0 Å². The molecule has 0 aromatic carbocycles. The van der Waals surface area contributed by atoms with E-state index in [0.717, 1.165) is 19.6 Å². The van der Waals surface area contributed by atoms with Crippen molar-refractivity contribution >= 4 is 0 Å². The lowest BCUT2D eigenvalue weighted by molar-refractivity contribution is -0.174. The van der Waals surface area contributed by atoms with Crippen LogP contribution in [-0.2, 0) is 4.74 Å². The van der Waals surface area contributed by atoms with Gasteiger partial charge in [0.2, 0.25) is 0 Å². The number of aliphatic hydroxyl groups excluding tert-OH is 1. The largest absolute Gasteiger partial charge is 0.396 e. The number of hydrogen-bond donors (Lipinski definition) is 2. The third-order valence-corrected chi connectivity index (χ3v) is 4.69. The van der Waals surface area contributed by atoms with E-state index in [9.17, 15) is 5.11 Å². The first-order valence-electron chi connectivity index (χ1n) is 7.00. The summed E-state index contributed by atoms with van der Waals surface area (Å²) >= 11 is 0. The molecule has 1 spiro atoms. The molecule has 2 saturated carbocycles. The van der Waals surface area contributed by atoms with Crippen molar-refractivity contribution in [3.8, 4) is 0 Å². The van der Waals surface area contributed by atoms with Crippen LogP contribution in [0.4, 0.5) is 0 Å². The van der Waals surface area contributed by atoms with Gasteiger partial charge in [-0.05, 0) is 26.2 Å². The Kier molecular flexibility index (Phi) is 3.81. The molecule has 3 nitrogen and oxygen atoms in total. The quantitative estimate of drug-likeness (QED) is 0.747. The summed E-state index contributed by atoms with van der Waals surface area (Å²) in [7, 11) is 0. The minimum atomic E-state index is -0.0123. The summed E-state index contributed by atoms with van der Waals surface area (Å²) in [6.45, 7) is 8.27. The standard InChI is InChI=1S/C14H27NO2/c1-4-17-12-8-11(14(12)6-5-7-14)15-9-13(2,3)10-16/h11-12,15-16H,4-10H2,1-3H3. The Labute approximate surface area is 105 Å². The smallest absolute Gasteiger partial charge is 0.0661 e. The van der Waals surface area contributed by atoms with Crippen LogP contribution in [0.15, 0.2) is 0 Å². The van der Waals surface area contributed by atoms with Crippen LogP contribution in [0.25, 0.3) is 0 Å². The molecule has 17 heavy (non-hydrogen) atoms. The monoisotopic (exact) mass is 241 g/mol. The van der Waals surface area contributed by atoms with E-state index < -0.39 is 0 Å². The molecule has 0 bridgehead atoms. The highest BCUT2D eigenvalue weighted by molar-refractivity contribution is 5.12. The van der Waals surface area contributed by atoms with Crippen LogP contribution in [-0.4, -0.2) is 37.0 Å². The van der Waals surface area contributed by atoms with Crippen molar-refractivity contribution in [1.82, 2.24) is 5.32 Å². The molecule has 2 unspecified atom stereocenters. The molecule has 3 heteroatoms. The Bertz CT molecular complexity index is 261. The molecule has 2 aliphatic rings. The van der Waals surface area contributed by atoms with Gasteiger partial charge in [0, 0.05) is 36.6 Å². The molecule has 0 aliphatic heterocycles. The first kappa shape index (κ1) is 13.3. The Balaban J connectivity index is 1.83. The van der Waals surface area contributed by atoms with E-state index in [1.165, 1.54) is 19.3 Å². The molecule has 0 amide bonds. The van der Waals surface area contributed by atoms with E-state index in [1.54, 1.807) is 0 Å². The van der Waals surface area contributed by atoms with Gasteiger partial charge in [-0.2, -0.15) is 0 Å². The first-order valence-corrected chi connectivity index (χ1v) is 7.00. The van der Waals surface area contributed by atoms with Crippen molar-refractivity contribution in [3.63, 3.8) is 0 Å². The number of rotatable bonds is 6. The predicted octanol–water partition coefficient (Wildman–Crippen LogP) is 1.94. The summed E-state index contributed by atoms with van der Waals surface area (Å²) in [6.07, 6.45) is 5.61. The van der Waals surface area contributed by atoms with Gasteiger partial charge in [0.1, 0.15) is 0 Å². The van der Waals surface area contributed by atoms with Crippen LogP contribution < -0.4 is 5.32 Å². The fourth-order valence-corrected chi connectivity index (χ4v) is 3.18. The second-order valence-electron chi connectivity index (χ2n) is 6.52. The van der Waals surface area contributed by atoms with Crippen molar-refractivity contribution in [3.05, 3.63) is 0 Å². The van der Waals surface area contributed by atoms with E-state index in [-0.39, 0.29) is 12.0 Å². The SMILES string of the molecule is CCOC1CC(NCC(C)(C)CO)C12CCC2. The van der Waals surface area contributed by atoms with Gasteiger partial charge in [0.15, 0.2) is 0 Å². The van der Waals surface area contributed by atoms with Crippen molar-refractivity contribution in [2.24, 2.45) is 10.8 Å². The van der Waals surface area contributed by atoms with E-state index in [1.807, 2.05) is 0 Å². The maximum absolute atomic E-state index is 9.27. The fourth-order valence-electron chi connectivity index (χ4n) is 3.18. The summed E-state index contributed by atoms with van der Waals surface area (Å²) in [6, 6.07) is 0.610. The maximum Gasteiger partial charge on any atom is 0.0661 e. The third kappa shape index (κ3) is 2.38. The molecule has 0 radical (unpaired) electrons. The average molecular weight is 241 g/mol. The lowest BCUT2D eigenvalue weighted by atomic mass is 9.51. The Morgan fingerprint density at radius 1 is 1.41 bits per heavy atom. The summed E-state index contributed by atoms with van der Waals surface area (Å²) in [4.78, 5) is 0. The van der Waals surface area contributed by atoms with Gasteiger partial charge in [-0.15, -0.1) is 0 Å². The summed E-state index contributed by atoms with van der Waals surface area (Å²) in [5, 5.41) is 12.9. The molecule has 2 aliphatic carbocycles. The number of ether oxygens (including phenoxy) is 1. The Morgan fingerprint density at radius 3 is 2.59 bits per heavy atom. The Hall–Kier alpha value is -0.120. The molecular weight excluding hydrogens is 214 g/mol. The van der Waals surface area contributed by atoms with Gasteiger partial charge in [-0.1, -0.05) is 20.3 Å². The second kappa shape index (κ2) is 4.87. The number of hydrogen-bond acceptors (Lipinski definition) is 3. The van der Waals surface area contributed by atoms with Crippen molar-refractivity contribution in [1.29, 1.82) is 0 Å². The molecule has 2 rings (SSSR count). The summed E-state index contributed by atoms with van der Waals surface area (Å²) in [5.41, 5.74) is 0.420. The lowest BCUT2D eigenvalue weighted by Gasteiger charge is -2.61. The van der Waals surface area contributed by atoms with Crippen molar-refractivity contribution < 1.29 is 9.84 Å². The molecule has 0 aromatic heterocycles. The van der Waals surface area contributed by atoms with Crippen molar-refractivity contribution in [2.45, 2.75) is 58.6 Å². The van der Waals surface area contributed by atoms with Gasteiger partial charge in [-0.3, -0.25) is 0 Å². The van der Waals surface area contributed by atoms with E-state index in [0.29, 0.717) is 17.6 Å². The molecule has 0 heterocycles. The molecule has 0 aromatic rings. The van der Waals surface area contributed by atoms with E-state index in [4.69, 9.17) is 4.74 Å². The van der Waals surface area contributed by atoms with E-state index in [2.05, 4.69) is 26.1 Å².